The Morgan fingerprint density at radius 1 is 1.50 bits per heavy atom. The summed E-state index contributed by atoms with van der Waals surface area (Å²) in [5, 5.41) is 2.21. The zero-order chi connectivity index (χ0) is 11.5. The molecule has 1 aromatic heterocycles. The predicted octanol–water partition coefficient (Wildman–Crippen LogP) is 2.79. The summed E-state index contributed by atoms with van der Waals surface area (Å²) in [4.78, 5) is 4.03. The van der Waals surface area contributed by atoms with Gasteiger partial charge in [-0.05, 0) is 62.8 Å². The Hall–Kier alpha value is -0.380. The van der Waals surface area contributed by atoms with E-state index in [2.05, 4.69) is 30.3 Å². The van der Waals surface area contributed by atoms with Crippen LogP contribution < -0.4 is 5.73 Å². The highest BCUT2D eigenvalue weighted by Gasteiger charge is 2.29. The lowest BCUT2D eigenvalue weighted by Crippen LogP contribution is -2.32. The van der Waals surface area contributed by atoms with Crippen LogP contribution in [0.5, 0.6) is 0 Å². The van der Waals surface area contributed by atoms with Crippen molar-refractivity contribution in [2.75, 3.05) is 20.1 Å². The van der Waals surface area contributed by atoms with Crippen LogP contribution in [-0.4, -0.2) is 25.0 Å². The van der Waals surface area contributed by atoms with Gasteiger partial charge in [-0.1, -0.05) is 6.42 Å². The summed E-state index contributed by atoms with van der Waals surface area (Å²) in [6, 6.07) is 2.78. The molecule has 0 aliphatic carbocycles. The fourth-order valence-electron chi connectivity index (χ4n) is 2.77. The summed E-state index contributed by atoms with van der Waals surface area (Å²) >= 11 is 1.89. The first-order chi connectivity index (χ1) is 7.74. The van der Waals surface area contributed by atoms with Gasteiger partial charge in [0.15, 0.2) is 0 Å². The standard InChI is InChI=1S/C13H22N2S/c1-10-6-8-16-13(10)12-11(9-14)5-3-4-7-15(12)2/h6,8,11-12H,3-5,7,9,14H2,1-2H3. The van der Waals surface area contributed by atoms with Gasteiger partial charge in [0.2, 0.25) is 0 Å². The number of nitrogens with zero attached hydrogens (tertiary/aromatic N) is 1. The normalized spacial score (nSPS) is 27.9. The summed E-state index contributed by atoms with van der Waals surface area (Å²) in [6.07, 6.45) is 3.92. The zero-order valence-corrected chi connectivity index (χ0v) is 11.1. The molecule has 0 bridgehead atoms. The van der Waals surface area contributed by atoms with Crippen LogP contribution in [0.4, 0.5) is 0 Å². The van der Waals surface area contributed by atoms with Crippen LogP contribution >= 0.6 is 11.3 Å². The van der Waals surface area contributed by atoms with E-state index in [0.717, 1.165) is 6.54 Å². The third kappa shape index (κ3) is 2.31. The minimum absolute atomic E-state index is 0.549. The second-order valence-corrected chi connectivity index (χ2v) is 5.83. The van der Waals surface area contributed by atoms with E-state index in [9.17, 15) is 0 Å². The zero-order valence-electron chi connectivity index (χ0n) is 10.3. The van der Waals surface area contributed by atoms with Crippen molar-refractivity contribution < 1.29 is 0 Å². The SMILES string of the molecule is Cc1ccsc1C1C(CN)CCCCN1C. The second kappa shape index (κ2) is 5.30. The van der Waals surface area contributed by atoms with Gasteiger partial charge in [0.05, 0.1) is 0 Å². The average molecular weight is 238 g/mol. The minimum Gasteiger partial charge on any atom is -0.330 e. The van der Waals surface area contributed by atoms with Crippen LogP contribution in [0, 0.1) is 12.8 Å². The van der Waals surface area contributed by atoms with E-state index in [4.69, 9.17) is 5.73 Å². The van der Waals surface area contributed by atoms with E-state index in [0.29, 0.717) is 12.0 Å². The molecule has 3 heteroatoms. The van der Waals surface area contributed by atoms with Crippen LogP contribution in [0.15, 0.2) is 11.4 Å². The van der Waals surface area contributed by atoms with Crippen LogP contribution in [0.25, 0.3) is 0 Å². The van der Waals surface area contributed by atoms with E-state index in [1.165, 1.54) is 36.2 Å². The number of aryl methyl sites for hydroxylation is 1. The lowest BCUT2D eigenvalue weighted by molar-refractivity contribution is 0.199. The van der Waals surface area contributed by atoms with Crippen LogP contribution in [0.1, 0.15) is 35.7 Å². The Balaban J connectivity index is 2.29. The minimum atomic E-state index is 0.549. The van der Waals surface area contributed by atoms with Gasteiger partial charge in [0.25, 0.3) is 0 Å². The second-order valence-electron chi connectivity index (χ2n) is 4.88. The average Bonchev–Trinajstić information content (AvgIpc) is 2.59. The lowest BCUT2D eigenvalue weighted by atomic mass is 9.92. The number of hydrogen-bond acceptors (Lipinski definition) is 3. The predicted molar refractivity (Wildman–Crippen MR) is 70.8 cm³/mol. The Morgan fingerprint density at radius 2 is 2.31 bits per heavy atom. The molecular weight excluding hydrogens is 216 g/mol. The van der Waals surface area contributed by atoms with E-state index < -0.39 is 0 Å². The first kappa shape index (κ1) is 12.1. The first-order valence-electron chi connectivity index (χ1n) is 6.18. The molecule has 2 nitrogen and oxygen atoms in total. The molecule has 2 rings (SSSR count). The quantitative estimate of drug-likeness (QED) is 0.858. The van der Waals surface area contributed by atoms with Gasteiger partial charge in [-0.15, -0.1) is 11.3 Å². The third-order valence-corrected chi connectivity index (χ3v) is 4.82. The maximum absolute atomic E-state index is 5.96. The van der Waals surface area contributed by atoms with Gasteiger partial charge in [-0.2, -0.15) is 0 Å². The van der Waals surface area contributed by atoms with Gasteiger partial charge < -0.3 is 5.73 Å². The van der Waals surface area contributed by atoms with Crippen molar-refractivity contribution in [3.63, 3.8) is 0 Å². The molecule has 1 aromatic rings. The van der Waals surface area contributed by atoms with E-state index >= 15 is 0 Å². The van der Waals surface area contributed by atoms with Crippen molar-refractivity contribution in [2.45, 2.75) is 32.2 Å². The fourth-order valence-corrected chi connectivity index (χ4v) is 3.96. The van der Waals surface area contributed by atoms with Crippen molar-refractivity contribution in [2.24, 2.45) is 11.7 Å². The van der Waals surface area contributed by atoms with Crippen molar-refractivity contribution in [1.29, 1.82) is 0 Å². The summed E-state index contributed by atoms with van der Waals surface area (Å²) in [7, 11) is 2.25. The maximum atomic E-state index is 5.96. The topological polar surface area (TPSA) is 29.3 Å². The van der Waals surface area contributed by atoms with Crippen LogP contribution in [0.3, 0.4) is 0 Å². The molecule has 16 heavy (non-hydrogen) atoms. The van der Waals surface area contributed by atoms with Gasteiger partial charge in [0.1, 0.15) is 0 Å². The number of hydrogen-bond donors (Lipinski definition) is 1. The van der Waals surface area contributed by atoms with Gasteiger partial charge in [0, 0.05) is 10.9 Å². The lowest BCUT2D eigenvalue weighted by Gasteiger charge is -2.31. The largest absolute Gasteiger partial charge is 0.330 e. The Labute approximate surface area is 102 Å². The molecule has 0 aromatic carbocycles. The number of thiophene rings is 1. The molecule has 2 unspecified atom stereocenters. The molecule has 1 aliphatic rings. The van der Waals surface area contributed by atoms with Gasteiger partial charge >= 0.3 is 0 Å². The molecule has 90 valence electrons. The van der Waals surface area contributed by atoms with E-state index in [1.54, 1.807) is 0 Å². The molecule has 0 saturated carbocycles. The molecule has 2 N–H and O–H groups in total. The smallest absolute Gasteiger partial charge is 0.0481 e. The summed E-state index contributed by atoms with van der Waals surface area (Å²) in [5.41, 5.74) is 7.39. The molecular formula is C13H22N2S. The highest BCUT2D eigenvalue weighted by Crippen LogP contribution is 2.37. The molecule has 2 atom stereocenters. The van der Waals surface area contributed by atoms with Crippen LogP contribution in [0.2, 0.25) is 0 Å². The molecule has 0 spiro atoms. The van der Waals surface area contributed by atoms with Gasteiger partial charge in [-0.3, -0.25) is 4.90 Å². The summed E-state index contributed by atoms with van der Waals surface area (Å²) < 4.78 is 0. The molecule has 0 amide bonds. The molecule has 0 radical (unpaired) electrons. The number of nitrogens with two attached hydrogens (primary N) is 1. The number of rotatable bonds is 2. The fraction of sp³-hybridized carbons (Fsp3) is 0.692. The molecule has 1 saturated heterocycles. The van der Waals surface area contributed by atoms with Crippen LogP contribution in [-0.2, 0) is 0 Å². The van der Waals surface area contributed by atoms with Crippen molar-refractivity contribution >= 4 is 11.3 Å². The Bertz CT molecular complexity index is 334. The van der Waals surface area contributed by atoms with E-state index in [-0.39, 0.29) is 0 Å². The first-order valence-corrected chi connectivity index (χ1v) is 7.06. The van der Waals surface area contributed by atoms with Crippen molar-refractivity contribution in [1.82, 2.24) is 4.90 Å². The van der Waals surface area contributed by atoms with E-state index in [1.807, 2.05) is 11.3 Å². The van der Waals surface area contributed by atoms with Crippen molar-refractivity contribution in [3.05, 3.63) is 21.9 Å². The Morgan fingerprint density at radius 3 is 2.94 bits per heavy atom. The third-order valence-electron chi connectivity index (χ3n) is 3.73. The highest BCUT2D eigenvalue weighted by molar-refractivity contribution is 7.10. The molecule has 1 aliphatic heterocycles. The van der Waals surface area contributed by atoms with Gasteiger partial charge in [-0.25, -0.2) is 0 Å². The maximum Gasteiger partial charge on any atom is 0.0481 e. The highest BCUT2D eigenvalue weighted by atomic mass is 32.1. The summed E-state index contributed by atoms with van der Waals surface area (Å²) in [5.74, 6) is 0.629. The Kier molecular flexibility index (Phi) is 4.00. The molecule has 2 heterocycles. The monoisotopic (exact) mass is 238 g/mol. The molecule has 1 fully saturated rings. The number of likely N-dealkylation sites (tertiary alicyclic amines) is 1. The summed E-state index contributed by atoms with van der Waals surface area (Å²) in [6.45, 7) is 4.24. The van der Waals surface area contributed by atoms with Crippen molar-refractivity contribution in [3.8, 4) is 0 Å².